The predicted octanol–water partition coefficient (Wildman–Crippen LogP) is -0.471. The van der Waals surface area contributed by atoms with Gasteiger partial charge in [-0.1, -0.05) is 8.78 Å². The Morgan fingerprint density at radius 3 is 1.58 bits per heavy atom. The molecule has 0 spiro atoms. The summed E-state index contributed by atoms with van der Waals surface area (Å²) in [6.07, 6.45) is -3.52. The standard InChI is InChI=1S/C7H8F2N6O11/c1-4(7(9,13(21)22)14(23)24)10(15(25)26)5(16)2-3-6(8,11(17)18)12(19)20/h4H,2-3H2,1H3. The number of nitrogens with zero attached hydrogens (tertiary/aromatic N) is 6. The number of amides is 1. The minimum Gasteiger partial charge on any atom is -0.269 e. The van der Waals surface area contributed by atoms with Gasteiger partial charge in [0.05, 0.1) is 6.42 Å². The van der Waals surface area contributed by atoms with Crippen LogP contribution < -0.4 is 0 Å². The molecule has 1 amide bonds. The monoisotopic (exact) mass is 390 g/mol. The van der Waals surface area contributed by atoms with Gasteiger partial charge < -0.3 is 0 Å². The van der Waals surface area contributed by atoms with Crippen LogP contribution in [-0.2, 0) is 4.79 Å². The van der Waals surface area contributed by atoms with E-state index in [9.17, 15) is 64.1 Å². The number of halogens is 2. The highest BCUT2D eigenvalue weighted by molar-refractivity contribution is 5.75. The second-order valence-electron chi connectivity index (χ2n) is 4.54. The normalized spacial score (nSPS) is 12.7. The van der Waals surface area contributed by atoms with Crippen LogP contribution in [0, 0.1) is 50.6 Å². The number of nitro groups is 5. The highest BCUT2D eigenvalue weighted by atomic mass is 19.2. The van der Waals surface area contributed by atoms with E-state index < -0.39 is 66.4 Å². The fraction of sp³-hybridized carbons (Fsp3) is 0.857. The molecular formula is C7H8F2N6O11. The molecule has 0 radical (unpaired) electrons. The van der Waals surface area contributed by atoms with Gasteiger partial charge in [-0.2, -0.15) is 0 Å². The lowest BCUT2D eigenvalue weighted by molar-refractivity contribution is -0.848. The molecule has 1 unspecified atom stereocenters. The lowest BCUT2D eigenvalue weighted by Gasteiger charge is -2.20. The van der Waals surface area contributed by atoms with E-state index in [-0.39, 0.29) is 6.92 Å². The van der Waals surface area contributed by atoms with Gasteiger partial charge in [-0.25, -0.2) is 10.1 Å². The van der Waals surface area contributed by atoms with Crippen molar-refractivity contribution in [2.24, 2.45) is 0 Å². The smallest absolute Gasteiger partial charge is 0.269 e. The summed E-state index contributed by atoms with van der Waals surface area (Å²) >= 11 is 0. The lowest BCUT2D eigenvalue weighted by Crippen LogP contribution is -2.60. The largest absolute Gasteiger partial charge is 0.640 e. The van der Waals surface area contributed by atoms with Crippen molar-refractivity contribution < 1.29 is 38.3 Å². The van der Waals surface area contributed by atoms with Crippen LogP contribution >= 0.6 is 0 Å². The quantitative estimate of drug-likeness (QED) is 0.200. The second-order valence-corrected chi connectivity index (χ2v) is 4.54. The Labute approximate surface area is 138 Å². The van der Waals surface area contributed by atoms with Crippen LogP contribution in [0.5, 0.6) is 0 Å². The van der Waals surface area contributed by atoms with E-state index in [0.29, 0.717) is 0 Å². The molecule has 17 nitrogen and oxygen atoms in total. The first-order valence-electron chi connectivity index (χ1n) is 6.06. The Morgan fingerprint density at radius 2 is 1.31 bits per heavy atom. The average Bonchev–Trinajstić information content (AvgIpc) is 2.50. The van der Waals surface area contributed by atoms with Gasteiger partial charge in [-0.15, -0.1) is 0 Å². The van der Waals surface area contributed by atoms with Crippen LogP contribution in [0.3, 0.4) is 0 Å². The number of carbonyl (C=O) groups excluding carboxylic acids is 1. The molecule has 0 saturated heterocycles. The van der Waals surface area contributed by atoms with Gasteiger partial charge in [0.15, 0.2) is 5.03 Å². The molecule has 1 atom stereocenters. The van der Waals surface area contributed by atoms with Crippen molar-refractivity contribution in [3.63, 3.8) is 0 Å². The number of rotatable bonds is 10. The summed E-state index contributed by atoms with van der Waals surface area (Å²) in [5.41, 5.74) is 0. The van der Waals surface area contributed by atoms with Crippen molar-refractivity contribution in [2.45, 2.75) is 37.6 Å². The van der Waals surface area contributed by atoms with Gasteiger partial charge >= 0.3 is 11.8 Å². The van der Waals surface area contributed by atoms with Crippen LogP contribution in [-0.4, -0.2) is 53.5 Å². The third-order valence-electron chi connectivity index (χ3n) is 3.06. The Bertz CT molecular complexity index is 641. The summed E-state index contributed by atoms with van der Waals surface area (Å²) < 4.78 is 27.5. The zero-order valence-electron chi connectivity index (χ0n) is 12.4. The number of alkyl halides is 2. The van der Waals surface area contributed by atoms with E-state index >= 15 is 0 Å². The van der Waals surface area contributed by atoms with Crippen molar-refractivity contribution in [1.82, 2.24) is 5.01 Å². The van der Waals surface area contributed by atoms with Gasteiger partial charge in [0, 0.05) is 0 Å². The van der Waals surface area contributed by atoms with Gasteiger partial charge in [0.25, 0.3) is 11.9 Å². The third kappa shape index (κ3) is 3.87. The zero-order valence-corrected chi connectivity index (χ0v) is 12.4. The molecule has 0 N–H and O–H groups in total. The van der Waals surface area contributed by atoms with Crippen LogP contribution in [0.2, 0.25) is 0 Å². The Balaban J connectivity index is 5.71. The van der Waals surface area contributed by atoms with E-state index in [2.05, 4.69) is 0 Å². The molecule has 0 aromatic carbocycles. The summed E-state index contributed by atoms with van der Waals surface area (Å²) in [6.45, 7) is 0.204. The van der Waals surface area contributed by atoms with Crippen LogP contribution in [0.25, 0.3) is 0 Å². The molecule has 0 fully saturated rings. The van der Waals surface area contributed by atoms with E-state index in [1.807, 2.05) is 0 Å². The van der Waals surface area contributed by atoms with Crippen molar-refractivity contribution >= 4 is 5.91 Å². The molecule has 0 aliphatic carbocycles. The van der Waals surface area contributed by atoms with Crippen molar-refractivity contribution in [3.8, 4) is 0 Å². The predicted molar refractivity (Wildman–Crippen MR) is 68.2 cm³/mol. The maximum absolute atomic E-state index is 13.9. The number of hydrogen-bond acceptors (Lipinski definition) is 11. The van der Waals surface area contributed by atoms with Gasteiger partial charge in [0.2, 0.25) is 0 Å². The SMILES string of the molecule is CC(N(C(=O)CCC(F)([N+](=O)[O-])[N+](=O)[O-])[N+](=O)[O-])C(F)([N+](=O)[O-])[N+](=O)[O-]. The number of hydrogen-bond donors (Lipinski definition) is 0. The molecule has 19 heteroatoms. The molecule has 26 heavy (non-hydrogen) atoms. The average molecular weight is 390 g/mol. The highest BCUT2D eigenvalue weighted by Crippen LogP contribution is 2.26. The topological polar surface area (TPSA) is 236 Å². The van der Waals surface area contributed by atoms with Crippen molar-refractivity contribution in [3.05, 3.63) is 50.6 Å². The Morgan fingerprint density at radius 1 is 0.923 bits per heavy atom. The van der Waals surface area contributed by atoms with Crippen molar-refractivity contribution in [2.75, 3.05) is 0 Å². The lowest BCUT2D eigenvalue weighted by atomic mass is 10.1. The van der Waals surface area contributed by atoms with Gasteiger partial charge in [0.1, 0.15) is 26.1 Å². The molecule has 0 bridgehead atoms. The molecule has 0 saturated carbocycles. The number of carbonyl (C=O) groups is 1. The fourth-order valence-corrected chi connectivity index (χ4v) is 1.61. The molecule has 0 aliphatic rings. The van der Waals surface area contributed by atoms with E-state index in [1.54, 1.807) is 0 Å². The second kappa shape index (κ2) is 7.48. The molecule has 0 rings (SSSR count). The highest BCUT2D eigenvalue weighted by Gasteiger charge is 2.69. The molecule has 146 valence electrons. The maximum atomic E-state index is 13.9. The first-order valence-corrected chi connectivity index (χ1v) is 6.06. The van der Waals surface area contributed by atoms with E-state index in [4.69, 9.17) is 0 Å². The molecule has 0 heterocycles. The molecule has 0 aromatic heterocycles. The van der Waals surface area contributed by atoms with E-state index in [1.165, 1.54) is 0 Å². The molecule has 0 aromatic rings. The zero-order chi connectivity index (χ0) is 21.0. The maximum Gasteiger partial charge on any atom is 0.640 e. The molecular weight excluding hydrogens is 382 g/mol. The first-order chi connectivity index (χ1) is 11.6. The summed E-state index contributed by atoms with van der Waals surface area (Å²) in [7, 11) is 0. The summed E-state index contributed by atoms with van der Waals surface area (Å²) in [5, 5.41) is 49.8. The van der Waals surface area contributed by atoms with Gasteiger partial charge in [-0.05, 0) is 11.9 Å². The van der Waals surface area contributed by atoms with Crippen LogP contribution in [0.1, 0.15) is 19.8 Å². The number of hydrazine groups is 1. The van der Waals surface area contributed by atoms with Crippen molar-refractivity contribution in [1.29, 1.82) is 0 Å². The van der Waals surface area contributed by atoms with Crippen LogP contribution in [0.15, 0.2) is 0 Å². The Kier molecular flexibility index (Phi) is 6.42. The third-order valence-corrected chi connectivity index (χ3v) is 3.06. The van der Waals surface area contributed by atoms with E-state index in [0.717, 1.165) is 0 Å². The summed E-state index contributed by atoms with van der Waals surface area (Å²) in [6, 6.07) is -2.99. The van der Waals surface area contributed by atoms with Gasteiger partial charge in [-0.3, -0.25) is 45.3 Å². The fourth-order valence-electron chi connectivity index (χ4n) is 1.61. The minimum absolute atomic E-state index is 0.204. The summed E-state index contributed by atoms with van der Waals surface area (Å²) in [4.78, 5) is 55.8. The Hall–Kier alpha value is -3.67. The first kappa shape index (κ1) is 22.3. The molecule has 0 aliphatic heterocycles. The minimum atomic E-state index is -4.75. The van der Waals surface area contributed by atoms with Crippen LogP contribution in [0.4, 0.5) is 8.78 Å². The summed E-state index contributed by atoms with van der Waals surface area (Å²) in [5.74, 6) is -11.2.